The molecule has 0 aliphatic heterocycles. The van der Waals surface area contributed by atoms with Crippen LogP contribution in [-0.4, -0.2) is 4.98 Å². The van der Waals surface area contributed by atoms with Crippen LogP contribution in [0.25, 0.3) is 11.0 Å². The summed E-state index contributed by atoms with van der Waals surface area (Å²) in [4.78, 5) is 4.22. The highest BCUT2D eigenvalue weighted by atomic mass is 16.3. The van der Waals surface area contributed by atoms with Crippen LogP contribution in [0.3, 0.4) is 0 Å². The van der Waals surface area contributed by atoms with E-state index >= 15 is 0 Å². The summed E-state index contributed by atoms with van der Waals surface area (Å²) in [6.07, 6.45) is 3.54. The van der Waals surface area contributed by atoms with Gasteiger partial charge in [0.25, 0.3) is 0 Å². The molecule has 2 heteroatoms. The molecule has 2 rings (SSSR count). The summed E-state index contributed by atoms with van der Waals surface area (Å²) in [7, 11) is 0. The fourth-order valence-electron chi connectivity index (χ4n) is 1.22. The van der Waals surface area contributed by atoms with Crippen LogP contribution in [-0.2, 0) is 0 Å². The van der Waals surface area contributed by atoms with Gasteiger partial charge < -0.3 is 4.42 Å². The van der Waals surface area contributed by atoms with Gasteiger partial charge in [-0.1, -0.05) is 0 Å². The molecular weight excluding hydrogens is 138 g/mol. The van der Waals surface area contributed by atoms with Gasteiger partial charge in [0, 0.05) is 22.8 Å². The summed E-state index contributed by atoms with van der Waals surface area (Å²) in [5.74, 6) is 0. The number of pyridine rings is 1. The minimum absolute atomic E-state index is 0.956. The predicted octanol–water partition coefficient (Wildman–Crippen LogP) is 2.44. The van der Waals surface area contributed by atoms with E-state index in [2.05, 4.69) is 4.98 Å². The molecule has 0 aliphatic carbocycles. The minimum atomic E-state index is 0.956. The van der Waals surface area contributed by atoms with Crippen LogP contribution in [0, 0.1) is 13.8 Å². The van der Waals surface area contributed by atoms with Crippen LogP contribution in [0.1, 0.15) is 11.3 Å². The Kier molecular flexibility index (Phi) is 1.22. The molecular formula is C9H9NO. The van der Waals surface area contributed by atoms with E-state index in [1.165, 1.54) is 0 Å². The Morgan fingerprint density at radius 2 is 2.18 bits per heavy atom. The Balaban J connectivity index is 2.96. The van der Waals surface area contributed by atoms with E-state index in [0.717, 1.165) is 22.2 Å². The van der Waals surface area contributed by atoms with E-state index in [1.54, 1.807) is 6.26 Å². The maximum Gasteiger partial charge on any atom is 0.140 e. The maximum absolute atomic E-state index is 5.29. The van der Waals surface area contributed by atoms with E-state index in [4.69, 9.17) is 4.42 Å². The van der Waals surface area contributed by atoms with Crippen LogP contribution < -0.4 is 0 Å². The second-order valence-corrected chi connectivity index (χ2v) is 2.69. The van der Waals surface area contributed by atoms with E-state index in [9.17, 15) is 0 Å². The van der Waals surface area contributed by atoms with Crippen molar-refractivity contribution in [3.8, 4) is 0 Å². The Labute approximate surface area is 64.9 Å². The van der Waals surface area contributed by atoms with E-state index in [0.29, 0.717) is 0 Å². The van der Waals surface area contributed by atoms with Crippen LogP contribution in [0.15, 0.2) is 22.9 Å². The average molecular weight is 147 g/mol. The van der Waals surface area contributed by atoms with E-state index in [-0.39, 0.29) is 0 Å². The topological polar surface area (TPSA) is 26.0 Å². The van der Waals surface area contributed by atoms with Gasteiger partial charge in [0.15, 0.2) is 0 Å². The first-order valence-electron chi connectivity index (χ1n) is 3.58. The standard InChI is InChI=1S/C9H9NO/c1-6-5-10-7(2)8-3-4-11-9(6)8/h3-5H,1-2H3. The van der Waals surface area contributed by atoms with Crippen molar-refractivity contribution in [1.82, 2.24) is 4.98 Å². The summed E-state index contributed by atoms with van der Waals surface area (Å²) in [5.41, 5.74) is 3.08. The van der Waals surface area contributed by atoms with Gasteiger partial charge in [0.1, 0.15) is 5.58 Å². The normalized spacial score (nSPS) is 10.7. The lowest BCUT2D eigenvalue weighted by molar-refractivity contribution is 0.612. The molecule has 0 saturated carbocycles. The van der Waals surface area contributed by atoms with Gasteiger partial charge in [-0.2, -0.15) is 0 Å². The summed E-state index contributed by atoms with van der Waals surface area (Å²) < 4.78 is 5.29. The molecule has 2 nitrogen and oxygen atoms in total. The lowest BCUT2D eigenvalue weighted by Gasteiger charge is -1.95. The smallest absolute Gasteiger partial charge is 0.140 e. The number of fused-ring (bicyclic) bond motifs is 1. The Morgan fingerprint density at radius 3 is 2.91 bits per heavy atom. The average Bonchev–Trinajstić information content (AvgIpc) is 2.45. The quantitative estimate of drug-likeness (QED) is 0.572. The highest BCUT2D eigenvalue weighted by molar-refractivity contribution is 5.81. The first-order valence-corrected chi connectivity index (χ1v) is 3.58. The molecule has 0 fully saturated rings. The zero-order valence-electron chi connectivity index (χ0n) is 6.59. The van der Waals surface area contributed by atoms with Crippen molar-refractivity contribution in [2.45, 2.75) is 13.8 Å². The number of rotatable bonds is 0. The molecule has 0 N–H and O–H groups in total. The maximum atomic E-state index is 5.29. The van der Waals surface area contributed by atoms with Crippen molar-refractivity contribution < 1.29 is 4.42 Å². The largest absolute Gasteiger partial charge is 0.464 e. The van der Waals surface area contributed by atoms with Gasteiger partial charge in [-0.25, -0.2) is 0 Å². The highest BCUT2D eigenvalue weighted by Crippen LogP contribution is 2.20. The van der Waals surface area contributed by atoms with Gasteiger partial charge in [0.2, 0.25) is 0 Å². The second-order valence-electron chi connectivity index (χ2n) is 2.69. The molecule has 0 spiro atoms. The summed E-state index contributed by atoms with van der Waals surface area (Å²) in [6.45, 7) is 3.98. The van der Waals surface area contributed by atoms with E-state index < -0.39 is 0 Å². The number of nitrogens with zero attached hydrogens (tertiary/aromatic N) is 1. The third kappa shape index (κ3) is 0.827. The lowest BCUT2D eigenvalue weighted by atomic mass is 10.2. The van der Waals surface area contributed by atoms with Crippen molar-refractivity contribution in [2.75, 3.05) is 0 Å². The molecule has 0 aliphatic rings. The molecule has 56 valence electrons. The summed E-state index contributed by atoms with van der Waals surface area (Å²) in [5, 5.41) is 1.12. The minimum Gasteiger partial charge on any atom is -0.464 e. The lowest BCUT2D eigenvalue weighted by Crippen LogP contribution is -1.82. The van der Waals surface area contributed by atoms with Crippen molar-refractivity contribution in [1.29, 1.82) is 0 Å². The first kappa shape index (κ1) is 6.40. The van der Waals surface area contributed by atoms with Gasteiger partial charge in [-0.05, 0) is 19.9 Å². The van der Waals surface area contributed by atoms with Crippen molar-refractivity contribution in [2.24, 2.45) is 0 Å². The molecule has 2 heterocycles. The Bertz CT molecular complexity index is 353. The number of hydrogen-bond acceptors (Lipinski definition) is 2. The van der Waals surface area contributed by atoms with Crippen LogP contribution >= 0.6 is 0 Å². The number of furan rings is 1. The fourth-order valence-corrected chi connectivity index (χ4v) is 1.22. The molecule has 11 heavy (non-hydrogen) atoms. The van der Waals surface area contributed by atoms with Crippen molar-refractivity contribution in [3.63, 3.8) is 0 Å². The molecule has 0 amide bonds. The highest BCUT2D eigenvalue weighted by Gasteiger charge is 2.02. The monoisotopic (exact) mass is 147 g/mol. The Hall–Kier alpha value is -1.31. The molecule has 0 radical (unpaired) electrons. The van der Waals surface area contributed by atoms with E-state index in [1.807, 2.05) is 26.1 Å². The molecule has 0 aromatic carbocycles. The van der Waals surface area contributed by atoms with Crippen LogP contribution in [0.5, 0.6) is 0 Å². The SMILES string of the molecule is Cc1ncc(C)c2occc12. The van der Waals surface area contributed by atoms with Crippen molar-refractivity contribution >= 4 is 11.0 Å². The van der Waals surface area contributed by atoms with Gasteiger partial charge in [-0.3, -0.25) is 4.98 Å². The van der Waals surface area contributed by atoms with Crippen LogP contribution in [0.4, 0.5) is 0 Å². The second kappa shape index (κ2) is 2.09. The Morgan fingerprint density at radius 1 is 1.36 bits per heavy atom. The predicted molar refractivity (Wildman–Crippen MR) is 43.5 cm³/mol. The first-order chi connectivity index (χ1) is 5.29. The number of hydrogen-bond donors (Lipinski definition) is 0. The molecule has 0 unspecified atom stereocenters. The molecule has 2 aromatic rings. The molecule has 0 bridgehead atoms. The van der Waals surface area contributed by atoms with Crippen LogP contribution in [0.2, 0.25) is 0 Å². The third-order valence-corrected chi connectivity index (χ3v) is 1.87. The molecule has 0 saturated heterocycles. The molecule has 0 atom stereocenters. The van der Waals surface area contributed by atoms with Crippen molar-refractivity contribution in [3.05, 3.63) is 29.8 Å². The molecule has 2 aromatic heterocycles. The fraction of sp³-hybridized carbons (Fsp3) is 0.222. The number of aryl methyl sites for hydroxylation is 2. The zero-order valence-corrected chi connectivity index (χ0v) is 6.59. The van der Waals surface area contributed by atoms with Gasteiger partial charge in [-0.15, -0.1) is 0 Å². The summed E-state index contributed by atoms with van der Waals surface area (Å²) >= 11 is 0. The van der Waals surface area contributed by atoms with Gasteiger partial charge >= 0.3 is 0 Å². The third-order valence-electron chi connectivity index (χ3n) is 1.87. The summed E-state index contributed by atoms with van der Waals surface area (Å²) in [6, 6.07) is 1.95. The zero-order chi connectivity index (χ0) is 7.84. The van der Waals surface area contributed by atoms with Gasteiger partial charge in [0.05, 0.1) is 6.26 Å². The number of aromatic nitrogens is 1.